The normalized spacial score (nSPS) is 20.4. The van der Waals surface area contributed by atoms with Gasteiger partial charge >= 0.3 is 12.0 Å². The zero-order chi connectivity index (χ0) is 12.9. The summed E-state index contributed by atoms with van der Waals surface area (Å²) in [5.41, 5.74) is -0.130. The molecule has 0 saturated heterocycles. The van der Waals surface area contributed by atoms with Gasteiger partial charge < -0.3 is 15.7 Å². The number of carboxylic acid groups (broad SMARTS) is 1. The lowest BCUT2D eigenvalue weighted by Gasteiger charge is -2.34. The fourth-order valence-electron chi connectivity index (χ4n) is 2.11. The predicted octanol–water partition coefficient (Wildman–Crippen LogP) is 1.73. The molecule has 17 heavy (non-hydrogen) atoms. The lowest BCUT2D eigenvalue weighted by Crippen LogP contribution is -2.52. The van der Waals surface area contributed by atoms with Gasteiger partial charge in [0, 0.05) is 12.1 Å². The molecule has 1 aliphatic rings. The summed E-state index contributed by atoms with van der Waals surface area (Å²) in [5, 5.41) is 14.2. The van der Waals surface area contributed by atoms with Crippen molar-refractivity contribution in [3.63, 3.8) is 0 Å². The highest BCUT2D eigenvalue weighted by Crippen LogP contribution is 2.27. The number of carbonyl (C=O) groups is 2. The molecular weight excluding hydrogens is 220 g/mol. The second-order valence-electron chi connectivity index (χ2n) is 5.20. The molecular formula is C12H22N2O3. The Bertz CT molecular complexity index is 285. The highest BCUT2D eigenvalue weighted by molar-refractivity contribution is 5.76. The molecule has 0 aromatic heterocycles. The number of aliphatic carboxylic acids is 1. The molecule has 5 nitrogen and oxygen atoms in total. The van der Waals surface area contributed by atoms with Gasteiger partial charge in [-0.05, 0) is 19.8 Å². The van der Waals surface area contributed by atoms with E-state index in [1.165, 1.54) is 6.42 Å². The first-order valence-corrected chi connectivity index (χ1v) is 6.22. The summed E-state index contributed by atoms with van der Waals surface area (Å²) >= 11 is 0. The maximum atomic E-state index is 11.6. The van der Waals surface area contributed by atoms with E-state index in [2.05, 4.69) is 10.6 Å². The van der Waals surface area contributed by atoms with Gasteiger partial charge in [-0.15, -0.1) is 0 Å². The van der Waals surface area contributed by atoms with Crippen molar-refractivity contribution in [2.75, 3.05) is 6.54 Å². The minimum absolute atomic E-state index is 0.130. The van der Waals surface area contributed by atoms with Crippen LogP contribution in [0.2, 0.25) is 0 Å². The first-order valence-electron chi connectivity index (χ1n) is 6.22. The Morgan fingerprint density at radius 1 is 1.29 bits per heavy atom. The second kappa shape index (κ2) is 5.89. The molecule has 2 amide bonds. The van der Waals surface area contributed by atoms with Crippen LogP contribution in [0.4, 0.5) is 4.79 Å². The van der Waals surface area contributed by atoms with Crippen LogP contribution >= 0.6 is 0 Å². The number of nitrogens with one attached hydrogen (secondary N) is 2. The fourth-order valence-corrected chi connectivity index (χ4v) is 2.11. The number of carbonyl (C=O) groups excluding carboxylic acids is 1. The zero-order valence-corrected chi connectivity index (χ0v) is 10.6. The Morgan fingerprint density at radius 3 is 2.41 bits per heavy atom. The third kappa shape index (κ3) is 4.63. The Hall–Kier alpha value is -1.26. The molecule has 0 bridgehead atoms. The zero-order valence-electron chi connectivity index (χ0n) is 10.6. The van der Waals surface area contributed by atoms with Crippen molar-refractivity contribution >= 4 is 12.0 Å². The summed E-state index contributed by atoms with van der Waals surface area (Å²) in [6, 6.07) is -0.262. The Kier molecular flexibility index (Phi) is 4.78. The van der Waals surface area contributed by atoms with Crippen molar-refractivity contribution in [2.24, 2.45) is 5.92 Å². The van der Waals surface area contributed by atoms with E-state index in [9.17, 15) is 9.59 Å². The summed E-state index contributed by atoms with van der Waals surface area (Å²) in [4.78, 5) is 22.2. The Morgan fingerprint density at radius 2 is 1.88 bits per heavy atom. The van der Waals surface area contributed by atoms with Crippen LogP contribution < -0.4 is 10.6 Å². The average Bonchev–Trinajstić information content (AvgIpc) is 2.26. The Balaban J connectivity index is 2.31. The van der Waals surface area contributed by atoms with Gasteiger partial charge in [0.05, 0.1) is 5.92 Å². The van der Waals surface area contributed by atoms with Crippen molar-refractivity contribution in [1.29, 1.82) is 0 Å². The van der Waals surface area contributed by atoms with Crippen LogP contribution in [0.15, 0.2) is 0 Å². The van der Waals surface area contributed by atoms with Crippen LogP contribution in [0.3, 0.4) is 0 Å². The Labute approximate surface area is 102 Å². The number of carboxylic acids is 1. The van der Waals surface area contributed by atoms with E-state index in [0.717, 1.165) is 25.7 Å². The van der Waals surface area contributed by atoms with Crippen molar-refractivity contribution in [2.45, 2.75) is 51.5 Å². The molecule has 0 aromatic carbocycles. The molecule has 98 valence electrons. The second-order valence-corrected chi connectivity index (χ2v) is 5.20. The molecule has 0 aliphatic heterocycles. The van der Waals surface area contributed by atoms with Gasteiger partial charge in [0.2, 0.25) is 0 Å². The molecule has 1 unspecified atom stereocenters. The largest absolute Gasteiger partial charge is 0.481 e. The van der Waals surface area contributed by atoms with Crippen LogP contribution in [0.1, 0.15) is 46.0 Å². The van der Waals surface area contributed by atoms with Crippen LogP contribution in [0.25, 0.3) is 0 Å². The quantitative estimate of drug-likeness (QED) is 0.702. The number of amides is 2. The van der Waals surface area contributed by atoms with E-state index in [-0.39, 0.29) is 18.1 Å². The summed E-state index contributed by atoms with van der Waals surface area (Å²) in [6.07, 6.45) is 5.50. The third-order valence-electron chi connectivity index (χ3n) is 3.36. The summed E-state index contributed by atoms with van der Waals surface area (Å²) in [7, 11) is 0. The van der Waals surface area contributed by atoms with Crippen LogP contribution in [0, 0.1) is 5.92 Å². The van der Waals surface area contributed by atoms with Gasteiger partial charge in [0.25, 0.3) is 0 Å². The summed E-state index contributed by atoms with van der Waals surface area (Å²) in [6.45, 7) is 3.79. The topological polar surface area (TPSA) is 78.4 Å². The van der Waals surface area contributed by atoms with Crippen molar-refractivity contribution in [3.05, 3.63) is 0 Å². The van der Waals surface area contributed by atoms with Gasteiger partial charge in [-0.25, -0.2) is 4.79 Å². The van der Waals surface area contributed by atoms with E-state index in [1.807, 2.05) is 6.92 Å². The van der Waals surface area contributed by atoms with Gasteiger partial charge in [0.1, 0.15) is 0 Å². The molecule has 0 aromatic rings. The molecule has 5 heteroatoms. The molecule has 1 rings (SSSR count). The van der Waals surface area contributed by atoms with Gasteiger partial charge in [0.15, 0.2) is 0 Å². The first kappa shape index (κ1) is 13.8. The van der Waals surface area contributed by atoms with Crippen molar-refractivity contribution < 1.29 is 14.7 Å². The van der Waals surface area contributed by atoms with Crippen molar-refractivity contribution in [3.8, 4) is 0 Å². The standard InChI is InChI=1S/C12H22N2O3/c1-9(10(15)16)8-13-11(17)14-12(2)6-4-3-5-7-12/h9H,3-8H2,1-2H3,(H,15,16)(H2,13,14,17). The van der Waals surface area contributed by atoms with E-state index < -0.39 is 11.9 Å². The molecule has 0 spiro atoms. The molecule has 1 fully saturated rings. The highest BCUT2D eigenvalue weighted by atomic mass is 16.4. The molecule has 3 N–H and O–H groups in total. The van der Waals surface area contributed by atoms with Gasteiger partial charge in [-0.1, -0.05) is 26.2 Å². The van der Waals surface area contributed by atoms with E-state index in [1.54, 1.807) is 6.92 Å². The van der Waals surface area contributed by atoms with E-state index in [4.69, 9.17) is 5.11 Å². The lowest BCUT2D eigenvalue weighted by molar-refractivity contribution is -0.140. The fraction of sp³-hybridized carbons (Fsp3) is 0.833. The highest BCUT2D eigenvalue weighted by Gasteiger charge is 2.28. The third-order valence-corrected chi connectivity index (χ3v) is 3.36. The monoisotopic (exact) mass is 242 g/mol. The predicted molar refractivity (Wildman–Crippen MR) is 64.8 cm³/mol. The number of hydrogen-bond acceptors (Lipinski definition) is 2. The lowest BCUT2D eigenvalue weighted by atomic mass is 9.83. The van der Waals surface area contributed by atoms with Crippen LogP contribution in [0.5, 0.6) is 0 Å². The number of rotatable bonds is 4. The van der Waals surface area contributed by atoms with Crippen LogP contribution in [-0.4, -0.2) is 29.2 Å². The molecule has 1 aliphatic carbocycles. The SMILES string of the molecule is CC(CNC(=O)NC1(C)CCCCC1)C(=O)O. The maximum absolute atomic E-state index is 11.6. The summed E-state index contributed by atoms with van der Waals surface area (Å²) in [5.74, 6) is -1.45. The maximum Gasteiger partial charge on any atom is 0.315 e. The summed E-state index contributed by atoms with van der Waals surface area (Å²) < 4.78 is 0. The van der Waals surface area contributed by atoms with Gasteiger partial charge in [-0.3, -0.25) is 4.79 Å². The van der Waals surface area contributed by atoms with Gasteiger partial charge in [-0.2, -0.15) is 0 Å². The molecule has 1 atom stereocenters. The average molecular weight is 242 g/mol. The molecule has 0 heterocycles. The first-order chi connectivity index (χ1) is 7.93. The minimum atomic E-state index is -0.894. The molecule has 1 saturated carbocycles. The van der Waals surface area contributed by atoms with Crippen LogP contribution in [-0.2, 0) is 4.79 Å². The smallest absolute Gasteiger partial charge is 0.315 e. The minimum Gasteiger partial charge on any atom is -0.481 e. The van der Waals surface area contributed by atoms with E-state index >= 15 is 0 Å². The van der Waals surface area contributed by atoms with E-state index in [0.29, 0.717) is 0 Å². The van der Waals surface area contributed by atoms with Crippen molar-refractivity contribution in [1.82, 2.24) is 10.6 Å². The molecule has 0 radical (unpaired) electrons. The number of urea groups is 1. The number of hydrogen-bond donors (Lipinski definition) is 3.